The van der Waals surface area contributed by atoms with Gasteiger partial charge in [0.2, 0.25) is 0 Å². The Morgan fingerprint density at radius 3 is 2.10 bits per heavy atom. The van der Waals surface area contributed by atoms with Gasteiger partial charge in [-0.25, -0.2) is 0 Å². The van der Waals surface area contributed by atoms with E-state index in [1.165, 1.54) is 16.8 Å². The fraction of sp³-hybridized carbons (Fsp3) is 0.333. The molecule has 0 spiro atoms. The molecule has 0 fully saturated rings. The van der Waals surface area contributed by atoms with Crippen molar-refractivity contribution in [2.45, 2.75) is 25.9 Å². The van der Waals surface area contributed by atoms with Gasteiger partial charge in [-0.05, 0) is 48.7 Å². The Bertz CT molecular complexity index is 546. The lowest BCUT2D eigenvalue weighted by atomic mass is 10.1. The summed E-state index contributed by atoms with van der Waals surface area (Å²) in [5.41, 5.74) is 9.58. The highest BCUT2D eigenvalue weighted by Crippen LogP contribution is 2.18. The highest BCUT2D eigenvalue weighted by atomic mass is 16.5. The molecule has 0 heterocycles. The summed E-state index contributed by atoms with van der Waals surface area (Å²) in [4.78, 5) is 2.23. The van der Waals surface area contributed by atoms with Gasteiger partial charge in [0.15, 0.2) is 0 Å². The van der Waals surface area contributed by atoms with Crippen molar-refractivity contribution in [1.29, 1.82) is 0 Å². The van der Waals surface area contributed by atoms with Crippen molar-refractivity contribution < 1.29 is 4.74 Å². The molecule has 21 heavy (non-hydrogen) atoms. The Balaban J connectivity index is 2.00. The van der Waals surface area contributed by atoms with Gasteiger partial charge in [-0.15, -0.1) is 0 Å². The molecule has 0 amide bonds. The normalized spacial score (nSPS) is 12.0. The number of rotatable bonds is 6. The van der Waals surface area contributed by atoms with Crippen LogP contribution in [-0.4, -0.2) is 20.2 Å². The minimum absolute atomic E-state index is 0.202. The number of benzene rings is 2. The smallest absolute Gasteiger partial charge is 0.118 e. The Morgan fingerprint density at radius 2 is 1.57 bits per heavy atom. The molecular formula is C18H24N2O. The first-order chi connectivity index (χ1) is 10.1. The van der Waals surface area contributed by atoms with Crippen molar-refractivity contribution in [1.82, 2.24) is 0 Å². The maximum absolute atomic E-state index is 5.83. The third-order valence-corrected chi connectivity index (χ3v) is 3.51. The van der Waals surface area contributed by atoms with E-state index in [1.807, 2.05) is 19.1 Å². The zero-order valence-electron chi connectivity index (χ0n) is 13.0. The Hall–Kier alpha value is -2.00. The second kappa shape index (κ2) is 7.14. The molecule has 112 valence electrons. The van der Waals surface area contributed by atoms with Crippen LogP contribution in [0, 0.1) is 0 Å². The first kappa shape index (κ1) is 15.4. The van der Waals surface area contributed by atoms with Crippen LogP contribution in [0.25, 0.3) is 0 Å². The van der Waals surface area contributed by atoms with Gasteiger partial charge in [0.1, 0.15) is 5.75 Å². The lowest BCUT2D eigenvalue weighted by molar-refractivity contribution is 0.414. The molecule has 0 aliphatic rings. The predicted molar refractivity (Wildman–Crippen MR) is 88.9 cm³/mol. The maximum atomic E-state index is 5.83. The van der Waals surface area contributed by atoms with Gasteiger partial charge in [0.05, 0.1) is 7.11 Å². The van der Waals surface area contributed by atoms with Crippen molar-refractivity contribution in [3.63, 3.8) is 0 Å². The summed E-state index contributed by atoms with van der Waals surface area (Å²) >= 11 is 0. The van der Waals surface area contributed by atoms with Crippen LogP contribution < -0.4 is 15.4 Å². The summed E-state index contributed by atoms with van der Waals surface area (Å²) in [6, 6.07) is 17.0. The Labute approximate surface area is 127 Å². The average Bonchev–Trinajstić information content (AvgIpc) is 2.48. The number of nitrogens with zero attached hydrogens (tertiary/aromatic N) is 1. The standard InChI is InChI=1S/C18H24N2O/c1-14(19)12-15-4-8-17(9-5-15)20(2)13-16-6-10-18(21-3)11-7-16/h4-11,14H,12-13,19H2,1-3H3. The topological polar surface area (TPSA) is 38.5 Å². The zero-order valence-corrected chi connectivity index (χ0v) is 13.0. The highest BCUT2D eigenvalue weighted by molar-refractivity contribution is 5.47. The van der Waals surface area contributed by atoms with E-state index < -0.39 is 0 Å². The molecular weight excluding hydrogens is 260 g/mol. The molecule has 1 unspecified atom stereocenters. The summed E-state index contributed by atoms with van der Waals surface area (Å²) in [6.45, 7) is 2.90. The van der Waals surface area contributed by atoms with Crippen molar-refractivity contribution in [3.8, 4) is 5.75 Å². The number of anilines is 1. The second-order valence-corrected chi connectivity index (χ2v) is 5.55. The van der Waals surface area contributed by atoms with Crippen molar-refractivity contribution >= 4 is 5.69 Å². The van der Waals surface area contributed by atoms with Crippen LogP contribution in [0.4, 0.5) is 5.69 Å². The largest absolute Gasteiger partial charge is 0.497 e. The van der Waals surface area contributed by atoms with Gasteiger partial charge < -0.3 is 15.4 Å². The van der Waals surface area contributed by atoms with E-state index in [4.69, 9.17) is 10.5 Å². The summed E-state index contributed by atoms with van der Waals surface area (Å²) in [6.07, 6.45) is 0.919. The Kier molecular flexibility index (Phi) is 5.23. The molecule has 3 nitrogen and oxygen atoms in total. The van der Waals surface area contributed by atoms with Gasteiger partial charge in [-0.1, -0.05) is 24.3 Å². The fourth-order valence-electron chi connectivity index (χ4n) is 2.35. The fourth-order valence-corrected chi connectivity index (χ4v) is 2.35. The molecule has 2 aromatic rings. The molecule has 2 rings (SSSR count). The van der Waals surface area contributed by atoms with Crippen molar-refractivity contribution in [3.05, 3.63) is 59.7 Å². The van der Waals surface area contributed by atoms with E-state index >= 15 is 0 Å². The molecule has 0 radical (unpaired) electrons. The highest BCUT2D eigenvalue weighted by Gasteiger charge is 2.04. The molecule has 3 heteroatoms. The molecule has 0 aliphatic carbocycles. The molecule has 1 atom stereocenters. The van der Waals surface area contributed by atoms with Gasteiger partial charge in [0, 0.05) is 25.3 Å². The van der Waals surface area contributed by atoms with Crippen LogP contribution in [0.5, 0.6) is 5.75 Å². The zero-order chi connectivity index (χ0) is 15.2. The first-order valence-electron chi connectivity index (χ1n) is 7.27. The summed E-state index contributed by atoms with van der Waals surface area (Å²) in [5, 5.41) is 0. The summed E-state index contributed by atoms with van der Waals surface area (Å²) in [5.74, 6) is 0.890. The summed E-state index contributed by atoms with van der Waals surface area (Å²) in [7, 11) is 3.79. The Morgan fingerprint density at radius 1 is 1.00 bits per heavy atom. The van der Waals surface area contributed by atoms with Crippen LogP contribution >= 0.6 is 0 Å². The number of ether oxygens (including phenoxy) is 1. The van der Waals surface area contributed by atoms with Crippen LogP contribution in [0.15, 0.2) is 48.5 Å². The number of hydrogen-bond acceptors (Lipinski definition) is 3. The van der Waals surface area contributed by atoms with Crippen molar-refractivity contribution in [2.24, 2.45) is 5.73 Å². The number of nitrogens with two attached hydrogens (primary N) is 1. The van der Waals surface area contributed by atoms with Crippen LogP contribution in [-0.2, 0) is 13.0 Å². The van der Waals surface area contributed by atoms with E-state index in [0.717, 1.165) is 18.7 Å². The third-order valence-electron chi connectivity index (χ3n) is 3.51. The molecule has 0 aliphatic heterocycles. The van der Waals surface area contributed by atoms with Crippen LogP contribution in [0.3, 0.4) is 0 Å². The predicted octanol–water partition coefficient (Wildman–Crippen LogP) is 3.22. The SMILES string of the molecule is COc1ccc(CN(C)c2ccc(CC(C)N)cc2)cc1. The van der Waals surface area contributed by atoms with Gasteiger partial charge >= 0.3 is 0 Å². The van der Waals surface area contributed by atoms with Crippen LogP contribution in [0.2, 0.25) is 0 Å². The third kappa shape index (κ3) is 4.50. The minimum atomic E-state index is 0.202. The van der Waals surface area contributed by atoms with Crippen molar-refractivity contribution in [2.75, 3.05) is 19.1 Å². The average molecular weight is 284 g/mol. The quantitative estimate of drug-likeness (QED) is 0.885. The van der Waals surface area contributed by atoms with E-state index in [0.29, 0.717) is 0 Å². The first-order valence-corrected chi connectivity index (χ1v) is 7.27. The molecule has 2 N–H and O–H groups in total. The second-order valence-electron chi connectivity index (χ2n) is 5.55. The van der Waals surface area contributed by atoms with E-state index in [2.05, 4.69) is 48.3 Å². The molecule has 0 bridgehead atoms. The van der Waals surface area contributed by atoms with Gasteiger partial charge in [-0.2, -0.15) is 0 Å². The van der Waals surface area contributed by atoms with E-state index in [-0.39, 0.29) is 6.04 Å². The molecule has 0 saturated heterocycles. The number of hydrogen-bond donors (Lipinski definition) is 1. The molecule has 0 saturated carbocycles. The maximum Gasteiger partial charge on any atom is 0.118 e. The van der Waals surface area contributed by atoms with E-state index in [9.17, 15) is 0 Å². The molecule has 0 aromatic heterocycles. The lowest BCUT2D eigenvalue weighted by Gasteiger charge is -2.20. The summed E-state index contributed by atoms with van der Waals surface area (Å²) < 4.78 is 5.18. The van der Waals surface area contributed by atoms with Crippen LogP contribution in [0.1, 0.15) is 18.1 Å². The lowest BCUT2D eigenvalue weighted by Crippen LogP contribution is -2.18. The molecule has 2 aromatic carbocycles. The monoisotopic (exact) mass is 284 g/mol. The van der Waals surface area contributed by atoms with Gasteiger partial charge in [-0.3, -0.25) is 0 Å². The van der Waals surface area contributed by atoms with E-state index in [1.54, 1.807) is 7.11 Å². The van der Waals surface area contributed by atoms with Gasteiger partial charge in [0.25, 0.3) is 0 Å². The number of methoxy groups -OCH3 is 1. The minimum Gasteiger partial charge on any atom is -0.497 e.